The van der Waals surface area contributed by atoms with Crippen molar-refractivity contribution in [3.05, 3.63) is 35.6 Å². The standard InChI is InChI=1S/C19H29FN4O2.HI/c1-14-11-24(13-17(14)18(25)26-4)19(21-2)22-9-10-23(3)12-15-5-7-16(20)8-6-15;/h5-8,14,17H,9-13H2,1-4H3,(H,21,22);1H. The van der Waals surface area contributed by atoms with Gasteiger partial charge in [-0.25, -0.2) is 4.39 Å². The van der Waals surface area contributed by atoms with Gasteiger partial charge in [-0.2, -0.15) is 0 Å². The third-order valence-electron chi connectivity index (χ3n) is 4.77. The lowest BCUT2D eigenvalue weighted by Crippen LogP contribution is -2.43. The van der Waals surface area contributed by atoms with Crippen LogP contribution >= 0.6 is 24.0 Å². The number of benzene rings is 1. The van der Waals surface area contributed by atoms with E-state index in [1.807, 2.05) is 7.05 Å². The molecule has 0 bridgehead atoms. The van der Waals surface area contributed by atoms with Crippen molar-refractivity contribution in [1.29, 1.82) is 0 Å². The van der Waals surface area contributed by atoms with Gasteiger partial charge < -0.3 is 19.9 Å². The Bertz CT molecular complexity index is 627. The van der Waals surface area contributed by atoms with Crippen LogP contribution in [0, 0.1) is 17.7 Å². The molecule has 2 rings (SSSR count). The molecule has 2 atom stereocenters. The number of hydrogen-bond acceptors (Lipinski definition) is 4. The molecule has 0 aliphatic carbocycles. The lowest BCUT2D eigenvalue weighted by Gasteiger charge is -2.23. The van der Waals surface area contributed by atoms with Gasteiger partial charge in [0.2, 0.25) is 0 Å². The summed E-state index contributed by atoms with van der Waals surface area (Å²) >= 11 is 0. The monoisotopic (exact) mass is 492 g/mol. The number of aliphatic imine (C=N–C) groups is 1. The fourth-order valence-electron chi connectivity index (χ4n) is 3.27. The van der Waals surface area contributed by atoms with E-state index in [0.29, 0.717) is 6.54 Å². The molecule has 0 aromatic heterocycles. The van der Waals surface area contributed by atoms with Crippen molar-refractivity contribution in [3.63, 3.8) is 0 Å². The first-order chi connectivity index (χ1) is 12.4. The second-order valence-corrected chi connectivity index (χ2v) is 6.85. The number of likely N-dealkylation sites (tertiary alicyclic amines) is 1. The highest BCUT2D eigenvalue weighted by molar-refractivity contribution is 14.0. The molecule has 6 nitrogen and oxygen atoms in total. The number of nitrogens with one attached hydrogen (secondary N) is 1. The molecular formula is C19H30FIN4O2. The van der Waals surface area contributed by atoms with Crippen molar-refractivity contribution in [2.45, 2.75) is 13.5 Å². The van der Waals surface area contributed by atoms with Gasteiger partial charge in [0, 0.05) is 39.8 Å². The maximum Gasteiger partial charge on any atom is 0.310 e. The summed E-state index contributed by atoms with van der Waals surface area (Å²) in [7, 11) is 5.21. The van der Waals surface area contributed by atoms with Gasteiger partial charge in [0.25, 0.3) is 0 Å². The Labute approximate surface area is 178 Å². The number of halogens is 2. The first kappa shape index (κ1) is 23.6. The van der Waals surface area contributed by atoms with Crippen molar-refractivity contribution >= 4 is 35.9 Å². The summed E-state index contributed by atoms with van der Waals surface area (Å²) < 4.78 is 17.8. The average Bonchev–Trinajstić information content (AvgIpc) is 3.01. The number of methoxy groups -OCH3 is 1. The van der Waals surface area contributed by atoms with Crippen LogP contribution in [0.5, 0.6) is 0 Å². The molecule has 1 aromatic carbocycles. The van der Waals surface area contributed by atoms with Crippen molar-refractivity contribution in [1.82, 2.24) is 15.1 Å². The van der Waals surface area contributed by atoms with Gasteiger partial charge in [-0.1, -0.05) is 19.1 Å². The number of esters is 1. The number of carbonyl (C=O) groups is 1. The predicted octanol–water partition coefficient (Wildman–Crippen LogP) is 2.19. The minimum Gasteiger partial charge on any atom is -0.469 e. The maximum atomic E-state index is 13.0. The van der Waals surface area contributed by atoms with Gasteiger partial charge in [0.15, 0.2) is 5.96 Å². The molecule has 27 heavy (non-hydrogen) atoms. The maximum absolute atomic E-state index is 13.0. The zero-order valence-electron chi connectivity index (χ0n) is 16.4. The average molecular weight is 492 g/mol. The van der Waals surface area contributed by atoms with Crippen molar-refractivity contribution in [2.75, 3.05) is 47.4 Å². The van der Waals surface area contributed by atoms with Crippen LogP contribution < -0.4 is 5.32 Å². The molecule has 0 saturated carbocycles. The van der Waals surface area contributed by atoms with E-state index in [-0.39, 0.29) is 47.6 Å². The van der Waals surface area contributed by atoms with Crippen LogP contribution in [-0.4, -0.2) is 69.1 Å². The lowest BCUT2D eigenvalue weighted by atomic mass is 9.99. The summed E-state index contributed by atoms with van der Waals surface area (Å²) in [6.45, 7) is 5.78. The topological polar surface area (TPSA) is 57.2 Å². The van der Waals surface area contributed by atoms with Crippen molar-refractivity contribution in [3.8, 4) is 0 Å². The minimum absolute atomic E-state index is 0. The molecular weight excluding hydrogens is 462 g/mol. The van der Waals surface area contributed by atoms with E-state index in [4.69, 9.17) is 4.74 Å². The molecule has 0 amide bonds. The Morgan fingerprint density at radius 1 is 1.37 bits per heavy atom. The van der Waals surface area contributed by atoms with Gasteiger partial charge in [-0.05, 0) is 30.7 Å². The van der Waals surface area contributed by atoms with Crippen molar-refractivity contribution < 1.29 is 13.9 Å². The fraction of sp³-hybridized carbons (Fsp3) is 0.579. The Kier molecular flexibility index (Phi) is 10.00. The number of carbonyl (C=O) groups excluding carboxylic acids is 1. The zero-order valence-corrected chi connectivity index (χ0v) is 18.8. The Morgan fingerprint density at radius 3 is 2.63 bits per heavy atom. The second-order valence-electron chi connectivity index (χ2n) is 6.85. The van der Waals surface area contributed by atoms with Crippen LogP contribution in [0.4, 0.5) is 4.39 Å². The molecule has 0 radical (unpaired) electrons. The van der Waals surface area contributed by atoms with Crippen LogP contribution in [-0.2, 0) is 16.1 Å². The van der Waals surface area contributed by atoms with Gasteiger partial charge in [-0.3, -0.25) is 9.79 Å². The molecule has 152 valence electrons. The second kappa shape index (κ2) is 11.4. The third-order valence-corrected chi connectivity index (χ3v) is 4.77. The molecule has 1 saturated heterocycles. The highest BCUT2D eigenvalue weighted by Gasteiger charge is 2.36. The first-order valence-electron chi connectivity index (χ1n) is 8.91. The van der Waals surface area contributed by atoms with E-state index in [1.54, 1.807) is 19.2 Å². The van der Waals surface area contributed by atoms with Crippen molar-refractivity contribution in [2.24, 2.45) is 16.8 Å². The number of hydrogen-bond donors (Lipinski definition) is 1. The summed E-state index contributed by atoms with van der Waals surface area (Å²) in [4.78, 5) is 20.4. The third kappa shape index (κ3) is 6.91. The van der Waals surface area contributed by atoms with Crippen LogP contribution in [0.15, 0.2) is 29.3 Å². The number of nitrogens with zero attached hydrogens (tertiary/aromatic N) is 3. The SMILES string of the molecule is CN=C(NCCN(C)Cc1ccc(F)cc1)N1CC(C)C(C(=O)OC)C1.I. The van der Waals surface area contributed by atoms with E-state index in [1.165, 1.54) is 19.2 Å². The highest BCUT2D eigenvalue weighted by atomic mass is 127. The first-order valence-corrected chi connectivity index (χ1v) is 8.91. The summed E-state index contributed by atoms with van der Waals surface area (Å²) in [5.41, 5.74) is 1.08. The number of rotatable bonds is 6. The highest BCUT2D eigenvalue weighted by Crippen LogP contribution is 2.23. The normalized spacial score (nSPS) is 19.8. The Morgan fingerprint density at radius 2 is 2.04 bits per heavy atom. The Balaban J connectivity index is 0.00000364. The van der Waals surface area contributed by atoms with Gasteiger partial charge in [-0.15, -0.1) is 24.0 Å². The van der Waals surface area contributed by atoms with E-state index < -0.39 is 0 Å². The molecule has 8 heteroatoms. The molecule has 1 N–H and O–H groups in total. The number of likely N-dealkylation sites (N-methyl/N-ethyl adjacent to an activating group) is 1. The van der Waals surface area contributed by atoms with E-state index >= 15 is 0 Å². The summed E-state index contributed by atoms with van der Waals surface area (Å²) in [6.07, 6.45) is 0. The fourth-order valence-corrected chi connectivity index (χ4v) is 3.27. The van der Waals surface area contributed by atoms with Crippen LogP contribution in [0.3, 0.4) is 0 Å². The van der Waals surface area contributed by atoms with Gasteiger partial charge in [0.05, 0.1) is 13.0 Å². The van der Waals surface area contributed by atoms with Gasteiger partial charge >= 0.3 is 5.97 Å². The van der Waals surface area contributed by atoms with E-state index in [2.05, 4.69) is 27.0 Å². The predicted molar refractivity (Wildman–Crippen MR) is 116 cm³/mol. The van der Waals surface area contributed by atoms with E-state index in [9.17, 15) is 9.18 Å². The smallest absolute Gasteiger partial charge is 0.310 e. The molecule has 1 heterocycles. The summed E-state index contributed by atoms with van der Waals surface area (Å²) in [5.74, 6) is 0.557. The van der Waals surface area contributed by atoms with Gasteiger partial charge in [0.1, 0.15) is 5.82 Å². The largest absolute Gasteiger partial charge is 0.469 e. The molecule has 1 aliphatic rings. The van der Waals surface area contributed by atoms with Crippen LogP contribution in [0.2, 0.25) is 0 Å². The lowest BCUT2D eigenvalue weighted by molar-refractivity contribution is -0.145. The quantitative estimate of drug-likeness (QED) is 0.286. The molecule has 1 aliphatic heterocycles. The van der Waals surface area contributed by atoms with Crippen LogP contribution in [0.25, 0.3) is 0 Å². The minimum atomic E-state index is -0.216. The molecule has 0 spiro atoms. The molecule has 1 fully saturated rings. The van der Waals surface area contributed by atoms with Crippen LogP contribution in [0.1, 0.15) is 12.5 Å². The summed E-state index contributed by atoms with van der Waals surface area (Å²) in [6, 6.07) is 6.57. The van der Waals surface area contributed by atoms with E-state index in [0.717, 1.165) is 37.7 Å². The number of ether oxygens (including phenoxy) is 1. The molecule has 1 aromatic rings. The zero-order chi connectivity index (χ0) is 19.1. The number of guanidine groups is 1. The molecule has 2 unspecified atom stereocenters. The summed E-state index contributed by atoms with van der Waals surface area (Å²) in [5, 5.41) is 3.36. The Hall–Kier alpha value is -1.42.